The first-order valence-corrected chi connectivity index (χ1v) is 2.51. The number of ketones is 1. The molecule has 0 N–H and O–H groups in total. The number of rotatable bonds is 2. The number of carbonyl (C=O) groups is 1. The molecule has 0 spiro atoms. The SMILES string of the molecule is [2H]CC([2H])C(S)C(C)=O. The van der Waals surface area contributed by atoms with E-state index < -0.39 is 11.6 Å². The van der Waals surface area contributed by atoms with Crippen LogP contribution in [-0.2, 0) is 4.79 Å². The van der Waals surface area contributed by atoms with Gasteiger partial charge in [-0.2, -0.15) is 12.6 Å². The maximum Gasteiger partial charge on any atom is 0.142 e. The zero-order valence-corrected chi connectivity index (χ0v) is 5.11. The fourth-order valence-electron chi connectivity index (χ4n) is 0.166. The topological polar surface area (TPSA) is 17.1 Å². The number of hydrogen-bond acceptors (Lipinski definition) is 2. The summed E-state index contributed by atoms with van der Waals surface area (Å²) in [6.45, 7) is 1.32. The Morgan fingerprint density at radius 2 is 2.86 bits per heavy atom. The zero-order chi connectivity index (χ0) is 7.44. The van der Waals surface area contributed by atoms with Gasteiger partial charge >= 0.3 is 0 Å². The van der Waals surface area contributed by atoms with Gasteiger partial charge in [-0.3, -0.25) is 4.79 Å². The molecular weight excluding hydrogens is 108 g/mol. The van der Waals surface area contributed by atoms with Gasteiger partial charge in [-0.1, -0.05) is 6.90 Å². The summed E-state index contributed by atoms with van der Waals surface area (Å²) in [5.41, 5.74) is 0. The summed E-state index contributed by atoms with van der Waals surface area (Å²) in [7, 11) is 0. The molecule has 0 aliphatic carbocycles. The molecule has 0 heterocycles. The van der Waals surface area contributed by atoms with E-state index in [9.17, 15) is 4.79 Å². The van der Waals surface area contributed by atoms with Crippen molar-refractivity contribution in [1.82, 2.24) is 0 Å². The smallest absolute Gasteiger partial charge is 0.142 e. The summed E-state index contributed by atoms with van der Waals surface area (Å²) < 4.78 is 13.8. The Labute approximate surface area is 52.3 Å². The van der Waals surface area contributed by atoms with Crippen LogP contribution < -0.4 is 0 Å². The molecule has 0 saturated carbocycles. The molecule has 2 heteroatoms. The number of carbonyl (C=O) groups excluding carboxylic acids is 1. The van der Waals surface area contributed by atoms with Gasteiger partial charge in [0.05, 0.1) is 5.25 Å². The van der Waals surface area contributed by atoms with E-state index in [2.05, 4.69) is 12.6 Å². The summed E-state index contributed by atoms with van der Waals surface area (Å²) in [4.78, 5) is 10.5. The molecule has 0 amide bonds. The van der Waals surface area contributed by atoms with Crippen molar-refractivity contribution >= 4 is 18.4 Å². The molecule has 0 aromatic heterocycles. The van der Waals surface area contributed by atoms with Crippen LogP contribution in [0.1, 0.15) is 23.0 Å². The second kappa shape index (κ2) is 3.08. The third kappa shape index (κ3) is 2.68. The van der Waals surface area contributed by atoms with Crippen LogP contribution in [0.25, 0.3) is 0 Å². The molecule has 0 aliphatic heterocycles. The third-order valence-electron chi connectivity index (χ3n) is 0.640. The van der Waals surface area contributed by atoms with Gasteiger partial charge in [0, 0.05) is 2.74 Å². The lowest BCUT2D eigenvalue weighted by atomic mass is 10.2. The second-order valence-electron chi connectivity index (χ2n) is 1.29. The lowest BCUT2D eigenvalue weighted by Crippen LogP contribution is -2.07. The van der Waals surface area contributed by atoms with Crippen molar-refractivity contribution in [3.63, 3.8) is 0 Å². The number of Topliss-reactive ketones (excluding diaryl/α,β-unsaturated/α-hetero) is 1. The predicted molar refractivity (Wildman–Crippen MR) is 33.7 cm³/mol. The Kier molecular flexibility index (Phi) is 1.74. The molecule has 2 unspecified atom stereocenters. The molecule has 0 aromatic rings. The average Bonchev–Trinajstić information content (AvgIpc) is 1.84. The van der Waals surface area contributed by atoms with Crippen LogP contribution in [-0.4, -0.2) is 11.0 Å². The van der Waals surface area contributed by atoms with Gasteiger partial charge in [-0.15, -0.1) is 0 Å². The molecule has 2 atom stereocenters. The highest BCUT2D eigenvalue weighted by Gasteiger charge is 2.02. The van der Waals surface area contributed by atoms with Gasteiger partial charge in [0.15, 0.2) is 0 Å². The molecule has 7 heavy (non-hydrogen) atoms. The van der Waals surface area contributed by atoms with Gasteiger partial charge in [0.25, 0.3) is 0 Å². The van der Waals surface area contributed by atoms with Crippen molar-refractivity contribution in [3.8, 4) is 0 Å². The summed E-state index contributed by atoms with van der Waals surface area (Å²) in [6, 6.07) is 0. The standard InChI is InChI=1S/C5H10OS/c1-3-5(7)4(2)6/h5,7H,3H2,1-2H3/i1D,3D. The summed E-state index contributed by atoms with van der Waals surface area (Å²) in [6.07, 6.45) is -0.675. The summed E-state index contributed by atoms with van der Waals surface area (Å²) >= 11 is 3.84. The van der Waals surface area contributed by atoms with E-state index in [1.807, 2.05) is 0 Å². The summed E-state index contributed by atoms with van der Waals surface area (Å²) in [5, 5.41) is -0.581. The van der Waals surface area contributed by atoms with Crippen molar-refractivity contribution in [2.45, 2.75) is 25.5 Å². The Morgan fingerprint density at radius 3 is 3.00 bits per heavy atom. The minimum atomic E-state index is -0.675. The molecular formula is C5H10OS. The largest absolute Gasteiger partial charge is 0.299 e. The molecule has 0 bridgehead atoms. The molecule has 0 fully saturated rings. The van der Waals surface area contributed by atoms with Crippen LogP contribution in [0.5, 0.6) is 0 Å². The van der Waals surface area contributed by atoms with E-state index in [0.717, 1.165) is 0 Å². The Morgan fingerprint density at radius 1 is 2.29 bits per heavy atom. The molecule has 1 nitrogen and oxygen atoms in total. The van der Waals surface area contributed by atoms with E-state index in [1.54, 1.807) is 0 Å². The van der Waals surface area contributed by atoms with E-state index in [1.165, 1.54) is 6.92 Å². The zero-order valence-electron chi connectivity index (χ0n) is 6.22. The van der Waals surface area contributed by atoms with Crippen molar-refractivity contribution < 1.29 is 7.54 Å². The van der Waals surface area contributed by atoms with Crippen LogP contribution in [0.3, 0.4) is 0 Å². The third-order valence-corrected chi connectivity index (χ3v) is 1.21. The second-order valence-corrected chi connectivity index (χ2v) is 1.85. The lowest BCUT2D eigenvalue weighted by Gasteiger charge is -1.97. The van der Waals surface area contributed by atoms with Crippen LogP contribution in [0.15, 0.2) is 0 Å². The van der Waals surface area contributed by atoms with Gasteiger partial charge < -0.3 is 0 Å². The fourth-order valence-corrected chi connectivity index (χ4v) is 0.166. The van der Waals surface area contributed by atoms with Crippen molar-refractivity contribution in [1.29, 1.82) is 0 Å². The normalized spacial score (nSPS) is 22.0. The summed E-state index contributed by atoms with van der Waals surface area (Å²) in [5.74, 6) is -0.134. The monoisotopic (exact) mass is 120 g/mol. The van der Waals surface area contributed by atoms with Gasteiger partial charge in [-0.05, 0) is 13.3 Å². The van der Waals surface area contributed by atoms with Crippen molar-refractivity contribution in [2.24, 2.45) is 0 Å². The number of thiol groups is 1. The van der Waals surface area contributed by atoms with E-state index in [4.69, 9.17) is 2.74 Å². The first-order chi connectivity index (χ1) is 4.09. The molecule has 0 rings (SSSR count). The average molecular weight is 120 g/mol. The van der Waals surface area contributed by atoms with Crippen LogP contribution in [0.2, 0.25) is 0 Å². The van der Waals surface area contributed by atoms with Crippen LogP contribution >= 0.6 is 12.6 Å². The van der Waals surface area contributed by atoms with E-state index in [0.29, 0.717) is 0 Å². The van der Waals surface area contributed by atoms with Crippen molar-refractivity contribution in [2.75, 3.05) is 0 Å². The maximum atomic E-state index is 10.5. The quantitative estimate of drug-likeness (QED) is 0.543. The van der Waals surface area contributed by atoms with Crippen LogP contribution in [0, 0.1) is 0 Å². The maximum absolute atomic E-state index is 10.5. The van der Waals surface area contributed by atoms with E-state index in [-0.39, 0.29) is 12.7 Å². The Hall–Kier alpha value is 0.0200. The first-order valence-electron chi connectivity index (χ1n) is 3.28. The minimum absolute atomic E-state index is 0.0618. The van der Waals surface area contributed by atoms with Gasteiger partial charge in [0.2, 0.25) is 0 Å². The van der Waals surface area contributed by atoms with Gasteiger partial charge in [-0.25, -0.2) is 0 Å². The highest BCUT2D eigenvalue weighted by molar-refractivity contribution is 7.81. The Bertz CT molecular complexity index is 107. The molecule has 0 aromatic carbocycles. The highest BCUT2D eigenvalue weighted by Crippen LogP contribution is 1.99. The molecule has 42 valence electrons. The first kappa shape index (κ1) is 3.96. The van der Waals surface area contributed by atoms with E-state index >= 15 is 0 Å². The molecule has 0 aliphatic rings. The Balaban J connectivity index is 3.72. The highest BCUT2D eigenvalue weighted by atomic mass is 32.1. The van der Waals surface area contributed by atoms with Crippen LogP contribution in [0.4, 0.5) is 0 Å². The number of hydrogen-bond donors (Lipinski definition) is 1. The van der Waals surface area contributed by atoms with Gasteiger partial charge in [0.1, 0.15) is 5.78 Å². The molecule has 0 radical (unpaired) electrons. The minimum Gasteiger partial charge on any atom is -0.299 e. The lowest BCUT2D eigenvalue weighted by molar-refractivity contribution is -0.116. The molecule has 0 saturated heterocycles. The predicted octanol–water partition coefficient (Wildman–Crippen LogP) is 1.28. The fraction of sp³-hybridized carbons (Fsp3) is 0.800. The van der Waals surface area contributed by atoms with Crippen molar-refractivity contribution in [3.05, 3.63) is 0 Å².